The fourth-order valence-electron chi connectivity index (χ4n) is 5.28. The molecule has 7 nitrogen and oxygen atoms in total. The summed E-state index contributed by atoms with van der Waals surface area (Å²) in [5.74, 6) is -1.41. The molecule has 0 aromatic heterocycles. The summed E-state index contributed by atoms with van der Waals surface area (Å²) in [5, 5.41) is 12.4. The van der Waals surface area contributed by atoms with Crippen molar-refractivity contribution in [3.63, 3.8) is 0 Å². The fraction of sp³-hybridized carbons (Fsp3) is 0.444. The fourth-order valence-corrected chi connectivity index (χ4v) is 5.28. The Bertz CT molecular complexity index is 1050. The molecule has 2 amide bonds. The number of carbonyl (C=O) groups excluding carboxylic acids is 2. The van der Waals surface area contributed by atoms with E-state index in [1.165, 1.54) is 4.90 Å². The Labute approximate surface area is 200 Å². The van der Waals surface area contributed by atoms with Gasteiger partial charge in [-0.3, -0.25) is 4.79 Å². The van der Waals surface area contributed by atoms with Crippen LogP contribution < -0.4 is 5.32 Å². The molecule has 0 bridgehead atoms. The average Bonchev–Trinajstić information content (AvgIpc) is 3.10. The first-order valence-corrected chi connectivity index (χ1v) is 11.8. The third-order valence-electron chi connectivity index (χ3n) is 6.88. The standard InChI is InChI=1S/C27H32N2O5/c1-17-9-8-14-29(24(17)25(31)32)23(30)15-27(2,3)28-26(33)34-16-22-20-12-6-4-10-18(20)19-11-5-7-13-21(19)22/h4-7,10-13,17,22,24H,8-9,14-16H2,1-3H3,(H,28,33)(H,31,32). The van der Waals surface area contributed by atoms with Gasteiger partial charge in [-0.05, 0) is 54.9 Å². The molecular weight excluding hydrogens is 432 g/mol. The Hall–Kier alpha value is -3.35. The van der Waals surface area contributed by atoms with E-state index in [2.05, 4.69) is 29.6 Å². The maximum atomic E-state index is 13.0. The van der Waals surface area contributed by atoms with E-state index in [0.29, 0.717) is 6.54 Å². The molecule has 0 radical (unpaired) electrons. The van der Waals surface area contributed by atoms with Crippen molar-refractivity contribution >= 4 is 18.0 Å². The first kappa shape index (κ1) is 23.8. The summed E-state index contributed by atoms with van der Waals surface area (Å²) in [6.07, 6.45) is 0.952. The predicted molar refractivity (Wildman–Crippen MR) is 128 cm³/mol. The Morgan fingerprint density at radius 2 is 1.65 bits per heavy atom. The number of hydrogen-bond acceptors (Lipinski definition) is 4. The van der Waals surface area contributed by atoms with Crippen LogP contribution in [0, 0.1) is 5.92 Å². The second kappa shape index (κ2) is 9.49. The lowest BCUT2D eigenvalue weighted by molar-refractivity contribution is -0.155. The number of hydrogen-bond donors (Lipinski definition) is 2. The molecule has 2 unspecified atom stereocenters. The maximum Gasteiger partial charge on any atom is 0.407 e. The number of carbonyl (C=O) groups is 3. The van der Waals surface area contributed by atoms with Gasteiger partial charge in [-0.1, -0.05) is 55.5 Å². The van der Waals surface area contributed by atoms with Crippen LogP contribution in [-0.2, 0) is 14.3 Å². The van der Waals surface area contributed by atoms with Crippen molar-refractivity contribution in [1.82, 2.24) is 10.2 Å². The number of amides is 2. The van der Waals surface area contributed by atoms with E-state index in [1.807, 2.05) is 31.2 Å². The monoisotopic (exact) mass is 464 g/mol. The number of likely N-dealkylation sites (tertiary alicyclic amines) is 1. The summed E-state index contributed by atoms with van der Waals surface area (Å²) in [6, 6.07) is 15.4. The minimum absolute atomic E-state index is 0.00625. The lowest BCUT2D eigenvalue weighted by Gasteiger charge is -2.39. The highest BCUT2D eigenvalue weighted by molar-refractivity contribution is 5.85. The SMILES string of the molecule is CC1CCCN(C(=O)CC(C)(C)NC(=O)OCC2c3ccccc3-c3ccccc32)C1C(=O)O. The minimum Gasteiger partial charge on any atom is -0.480 e. The minimum atomic E-state index is -0.983. The third-order valence-corrected chi connectivity index (χ3v) is 6.88. The highest BCUT2D eigenvalue weighted by Crippen LogP contribution is 2.44. The first-order chi connectivity index (χ1) is 16.2. The molecule has 1 aliphatic carbocycles. The molecule has 180 valence electrons. The van der Waals surface area contributed by atoms with Crippen LogP contribution in [0.2, 0.25) is 0 Å². The van der Waals surface area contributed by atoms with E-state index in [9.17, 15) is 19.5 Å². The lowest BCUT2D eigenvalue weighted by Crippen LogP contribution is -2.55. The van der Waals surface area contributed by atoms with Crippen LogP contribution in [0.1, 0.15) is 57.1 Å². The number of alkyl carbamates (subject to hydrolysis) is 1. The highest BCUT2D eigenvalue weighted by Gasteiger charge is 2.39. The molecule has 1 aliphatic heterocycles. The Morgan fingerprint density at radius 3 is 2.24 bits per heavy atom. The van der Waals surface area contributed by atoms with Crippen molar-refractivity contribution in [3.05, 3.63) is 59.7 Å². The van der Waals surface area contributed by atoms with Gasteiger partial charge in [0.2, 0.25) is 5.91 Å². The number of nitrogens with zero attached hydrogens (tertiary/aromatic N) is 1. The van der Waals surface area contributed by atoms with Crippen molar-refractivity contribution in [1.29, 1.82) is 0 Å². The van der Waals surface area contributed by atoms with Gasteiger partial charge < -0.3 is 20.1 Å². The second-order valence-corrected chi connectivity index (χ2v) is 10.0. The highest BCUT2D eigenvalue weighted by atomic mass is 16.5. The Morgan fingerprint density at radius 1 is 1.06 bits per heavy atom. The van der Waals surface area contributed by atoms with Crippen LogP contribution in [0.5, 0.6) is 0 Å². The zero-order chi connectivity index (χ0) is 24.5. The smallest absolute Gasteiger partial charge is 0.407 e. The van der Waals surface area contributed by atoms with Crippen molar-refractivity contribution in [3.8, 4) is 11.1 Å². The lowest BCUT2D eigenvalue weighted by atomic mass is 9.89. The van der Waals surface area contributed by atoms with E-state index in [1.54, 1.807) is 13.8 Å². The number of ether oxygens (including phenoxy) is 1. The van der Waals surface area contributed by atoms with Crippen LogP contribution in [-0.4, -0.2) is 52.7 Å². The Balaban J connectivity index is 1.37. The van der Waals surface area contributed by atoms with E-state index in [0.717, 1.165) is 35.1 Å². The van der Waals surface area contributed by atoms with E-state index in [-0.39, 0.29) is 30.8 Å². The van der Waals surface area contributed by atoms with Crippen LogP contribution in [0.3, 0.4) is 0 Å². The molecule has 2 aromatic carbocycles. The van der Waals surface area contributed by atoms with E-state index in [4.69, 9.17) is 4.74 Å². The van der Waals surface area contributed by atoms with Crippen LogP contribution in [0.15, 0.2) is 48.5 Å². The van der Waals surface area contributed by atoms with Crippen LogP contribution >= 0.6 is 0 Å². The number of carboxylic acid groups (broad SMARTS) is 1. The normalized spacial score (nSPS) is 19.8. The number of fused-ring (bicyclic) bond motifs is 3. The van der Waals surface area contributed by atoms with E-state index >= 15 is 0 Å². The summed E-state index contributed by atoms with van der Waals surface area (Å²) in [5.41, 5.74) is 3.68. The van der Waals surface area contributed by atoms with Gasteiger partial charge in [0.25, 0.3) is 0 Å². The van der Waals surface area contributed by atoms with Crippen molar-refractivity contribution in [2.75, 3.05) is 13.2 Å². The molecule has 2 atom stereocenters. The molecule has 1 heterocycles. The molecule has 4 rings (SSSR count). The number of carboxylic acids is 1. The maximum absolute atomic E-state index is 13.0. The van der Waals surface area contributed by atoms with Gasteiger partial charge in [-0.25, -0.2) is 9.59 Å². The quantitative estimate of drug-likeness (QED) is 0.660. The molecule has 2 N–H and O–H groups in total. The van der Waals surface area contributed by atoms with Gasteiger partial charge in [-0.15, -0.1) is 0 Å². The number of aliphatic carboxylic acids is 1. The Kier molecular flexibility index (Phi) is 6.64. The van der Waals surface area contributed by atoms with Crippen molar-refractivity contribution in [2.45, 2.75) is 57.5 Å². The van der Waals surface area contributed by atoms with Gasteiger partial charge in [0.1, 0.15) is 12.6 Å². The largest absolute Gasteiger partial charge is 0.480 e. The van der Waals surface area contributed by atoms with Gasteiger partial charge in [0.05, 0.1) is 0 Å². The molecule has 1 saturated heterocycles. The molecule has 0 saturated carbocycles. The van der Waals surface area contributed by atoms with Gasteiger partial charge in [0.15, 0.2) is 0 Å². The zero-order valence-corrected chi connectivity index (χ0v) is 19.9. The third kappa shape index (κ3) is 4.79. The van der Waals surface area contributed by atoms with Crippen molar-refractivity contribution < 1.29 is 24.2 Å². The van der Waals surface area contributed by atoms with Crippen LogP contribution in [0.4, 0.5) is 4.79 Å². The average molecular weight is 465 g/mol. The van der Waals surface area contributed by atoms with Gasteiger partial charge in [0, 0.05) is 24.4 Å². The van der Waals surface area contributed by atoms with Crippen molar-refractivity contribution in [2.24, 2.45) is 5.92 Å². The molecule has 34 heavy (non-hydrogen) atoms. The van der Waals surface area contributed by atoms with E-state index < -0.39 is 23.6 Å². The molecular formula is C27H32N2O5. The number of rotatable bonds is 6. The summed E-state index contributed by atoms with van der Waals surface area (Å²) in [6.45, 7) is 5.96. The zero-order valence-electron chi connectivity index (χ0n) is 19.9. The second-order valence-electron chi connectivity index (χ2n) is 10.0. The summed E-state index contributed by atoms with van der Waals surface area (Å²) >= 11 is 0. The predicted octanol–water partition coefficient (Wildman–Crippen LogP) is 4.41. The molecule has 2 aliphatic rings. The van der Waals surface area contributed by atoms with Gasteiger partial charge in [-0.2, -0.15) is 0 Å². The topological polar surface area (TPSA) is 95.9 Å². The molecule has 0 spiro atoms. The summed E-state index contributed by atoms with van der Waals surface area (Å²) < 4.78 is 5.61. The molecule has 2 aromatic rings. The number of benzene rings is 2. The number of nitrogens with one attached hydrogen (secondary N) is 1. The summed E-state index contributed by atoms with van der Waals surface area (Å²) in [4.78, 5) is 38.8. The molecule has 7 heteroatoms. The summed E-state index contributed by atoms with van der Waals surface area (Å²) in [7, 11) is 0. The first-order valence-electron chi connectivity index (χ1n) is 11.8. The molecule has 1 fully saturated rings. The van der Waals surface area contributed by atoms with Gasteiger partial charge >= 0.3 is 12.1 Å². The number of piperidine rings is 1. The van der Waals surface area contributed by atoms with Crippen LogP contribution in [0.25, 0.3) is 11.1 Å².